The maximum Gasteiger partial charge on any atom is 0.290 e. The lowest BCUT2D eigenvalue weighted by molar-refractivity contribution is -0.141. The molecule has 1 atom stereocenters. The third-order valence-electron chi connectivity index (χ3n) is 3.54. The monoisotopic (exact) mass is 367 g/mol. The number of nitrogens with zero attached hydrogens (tertiary/aromatic N) is 5. The summed E-state index contributed by atoms with van der Waals surface area (Å²) in [4.78, 5) is 22.3. The van der Waals surface area contributed by atoms with Crippen LogP contribution in [0.3, 0.4) is 0 Å². The summed E-state index contributed by atoms with van der Waals surface area (Å²) < 4.78 is 25.3. The first-order chi connectivity index (χ1) is 12.5. The summed E-state index contributed by atoms with van der Waals surface area (Å²) in [7, 11) is 1.72. The van der Waals surface area contributed by atoms with E-state index < -0.39 is 0 Å². The molecular formula is C15H18FN5O5. The van der Waals surface area contributed by atoms with Crippen LogP contribution in [0.5, 0.6) is 5.75 Å². The van der Waals surface area contributed by atoms with Crippen LogP contribution in [0.15, 0.2) is 24.3 Å². The zero-order chi connectivity index (χ0) is 18.9. The number of aromatic nitrogens is 4. The van der Waals surface area contributed by atoms with Crippen LogP contribution in [0.4, 0.5) is 4.39 Å². The van der Waals surface area contributed by atoms with Gasteiger partial charge in [0, 0.05) is 13.6 Å². The van der Waals surface area contributed by atoms with Gasteiger partial charge in [-0.15, -0.1) is 5.10 Å². The van der Waals surface area contributed by atoms with Crippen LogP contribution in [-0.4, -0.2) is 68.9 Å². The van der Waals surface area contributed by atoms with E-state index in [4.69, 9.17) is 19.4 Å². The molecule has 1 saturated heterocycles. The summed E-state index contributed by atoms with van der Waals surface area (Å²) in [6.07, 6.45) is -0.362. The van der Waals surface area contributed by atoms with Crippen molar-refractivity contribution < 1.29 is 28.6 Å². The Hall–Kier alpha value is -3.08. The zero-order valence-corrected chi connectivity index (χ0v) is 14.0. The van der Waals surface area contributed by atoms with Gasteiger partial charge in [-0.3, -0.25) is 9.59 Å². The lowest BCUT2D eigenvalue weighted by Gasteiger charge is -2.32. The van der Waals surface area contributed by atoms with Gasteiger partial charge in [-0.2, -0.15) is 0 Å². The first-order valence-electron chi connectivity index (χ1n) is 7.63. The molecule has 0 aliphatic carbocycles. The first kappa shape index (κ1) is 19.2. The van der Waals surface area contributed by atoms with Gasteiger partial charge < -0.3 is 19.5 Å². The molecule has 0 saturated carbocycles. The van der Waals surface area contributed by atoms with Gasteiger partial charge in [-0.05, 0) is 34.7 Å². The molecule has 1 amide bonds. The summed E-state index contributed by atoms with van der Waals surface area (Å²) in [5.74, 6) is 0.499. The van der Waals surface area contributed by atoms with Gasteiger partial charge in [-0.25, -0.2) is 9.07 Å². The number of hydrogen-bond donors (Lipinski definition) is 1. The Morgan fingerprint density at radius 3 is 2.77 bits per heavy atom. The fourth-order valence-corrected chi connectivity index (χ4v) is 2.31. The number of carbonyl (C=O) groups excluding carboxylic acids is 1. The van der Waals surface area contributed by atoms with Crippen molar-refractivity contribution in [1.29, 1.82) is 0 Å². The molecule has 26 heavy (non-hydrogen) atoms. The van der Waals surface area contributed by atoms with Crippen LogP contribution < -0.4 is 4.74 Å². The Bertz CT molecular complexity index is 723. The molecule has 0 radical (unpaired) electrons. The first-order valence-corrected chi connectivity index (χ1v) is 7.63. The Kier molecular flexibility index (Phi) is 6.97. The van der Waals surface area contributed by atoms with Crippen molar-refractivity contribution in [3.8, 4) is 5.75 Å². The molecule has 1 aromatic carbocycles. The zero-order valence-electron chi connectivity index (χ0n) is 14.0. The van der Waals surface area contributed by atoms with E-state index in [0.717, 1.165) is 0 Å². The highest BCUT2D eigenvalue weighted by atomic mass is 19.1. The molecule has 1 N–H and O–H groups in total. The van der Waals surface area contributed by atoms with E-state index in [1.807, 2.05) is 0 Å². The molecule has 140 valence electrons. The van der Waals surface area contributed by atoms with Gasteiger partial charge >= 0.3 is 0 Å². The average Bonchev–Trinajstić information content (AvgIpc) is 3.08. The maximum atomic E-state index is 12.8. The number of morpholine rings is 1. The number of rotatable bonds is 4. The fourth-order valence-electron chi connectivity index (χ4n) is 2.31. The summed E-state index contributed by atoms with van der Waals surface area (Å²) in [5.41, 5.74) is 0. The number of hydrogen-bond acceptors (Lipinski definition) is 7. The highest BCUT2D eigenvalue weighted by Gasteiger charge is 2.28. The van der Waals surface area contributed by atoms with Crippen LogP contribution >= 0.6 is 0 Å². The highest BCUT2D eigenvalue weighted by molar-refractivity contribution is 5.77. The van der Waals surface area contributed by atoms with E-state index in [1.54, 1.807) is 11.9 Å². The molecular weight excluding hydrogens is 349 g/mol. The van der Waals surface area contributed by atoms with Gasteiger partial charge in [0.05, 0.1) is 13.2 Å². The topological polar surface area (TPSA) is 120 Å². The van der Waals surface area contributed by atoms with E-state index in [0.29, 0.717) is 31.3 Å². The molecule has 0 bridgehead atoms. The number of carboxylic acid groups (broad SMARTS) is 1. The third-order valence-corrected chi connectivity index (χ3v) is 3.54. The number of carbonyl (C=O) groups is 2. The molecule has 1 aliphatic rings. The Labute approximate surface area is 148 Å². The quantitative estimate of drug-likeness (QED) is 0.752. The van der Waals surface area contributed by atoms with Crippen molar-refractivity contribution in [3.63, 3.8) is 0 Å². The van der Waals surface area contributed by atoms with Crippen molar-refractivity contribution in [1.82, 2.24) is 25.1 Å². The van der Waals surface area contributed by atoms with E-state index in [9.17, 15) is 9.18 Å². The van der Waals surface area contributed by atoms with Gasteiger partial charge in [0.2, 0.25) is 0 Å². The molecule has 1 unspecified atom stereocenters. The predicted molar refractivity (Wildman–Crippen MR) is 84.7 cm³/mol. The maximum absolute atomic E-state index is 12.8. The summed E-state index contributed by atoms with van der Waals surface area (Å²) in [5, 5.41) is 18.1. The van der Waals surface area contributed by atoms with Crippen molar-refractivity contribution in [2.45, 2.75) is 6.10 Å². The lowest BCUT2D eigenvalue weighted by Crippen LogP contribution is -2.44. The van der Waals surface area contributed by atoms with Crippen molar-refractivity contribution in [2.75, 3.05) is 26.3 Å². The Morgan fingerprint density at radius 1 is 1.46 bits per heavy atom. The minimum absolute atomic E-state index is 0.116. The van der Waals surface area contributed by atoms with Gasteiger partial charge in [0.1, 0.15) is 17.7 Å². The van der Waals surface area contributed by atoms with E-state index >= 15 is 0 Å². The number of ether oxygens (including phenoxy) is 2. The number of amides is 1. The van der Waals surface area contributed by atoms with Crippen LogP contribution in [0.25, 0.3) is 0 Å². The molecule has 1 aliphatic heterocycles. The predicted octanol–water partition coefficient (Wildman–Crippen LogP) is 0.0289. The second kappa shape index (κ2) is 9.42. The molecule has 2 aromatic rings. The smallest absolute Gasteiger partial charge is 0.290 e. The standard InChI is InChI=1S/C14H16FN5O3.CH2O2/c1-19-14(16-17-18-19)12-8-20(6-7-22-12)13(21)9-23-11-4-2-10(15)3-5-11;2-1-3/h2-5,12H,6-9H2,1H3;1H,(H,2,3). The summed E-state index contributed by atoms with van der Waals surface area (Å²) >= 11 is 0. The van der Waals surface area contributed by atoms with Crippen molar-refractivity contribution in [3.05, 3.63) is 35.9 Å². The average molecular weight is 367 g/mol. The summed E-state index contributed by atoms with van der Waals surface area (Å²) in [6.45, 7) is 0.877. The molecule has 11 heteroatoms. The molecule has 1 aromatic heterocycles. The highest BCUT2D eigenvalue weighted by Crippen LogP contribution is 2.19. The molecule has 0 spiro atoms. The Balaban J connectivity index is 0.000000758. The van der Waals surface area contributed by atoms with Crippen molar-refractivity contribution in [2.24, 2.45) is 7.05 Å². The van der Waals surface area contributed by atoms with Gasteiger partial charge in [0.15, 0.2) is 12.4 Å². The van der Waals surface area contributed by atoms with Crippen LogP contribution in [0.2, 0.25) is 0 Å². The third kappa shape index (κ3) is 5.21. The minimum atomic E-state index is -0.362. The van der Waals surface area contributed by atoms with E-state index in [1.165, 1.54) is 28.9 Å². The van der Waals surface area contributed by atoms with Crippen LogP contribution in [0.1, 0.15) is 11.9 Å². The second-order valence-electron chi connectivity index (χ2n) is 5.21. The van der Waals surface area contributed by atoms with Gasteiger partial charge in [-0.1, -0.05) is 0 Å². The van der Waals surface area contributed by atoms with Crippen molar-refractivity contribution >= 4 is 12.4 Å². The number of tetrazole rings is 1. The second-order valence-corrected chi connectivity index (χ2v) is 5.21. The molecule has 1 fully saturated rings. The Morgan fingerprint density at radius 2 is 2.15 bits per heavy atom. The fraction of sp³-hybridized carbons (Fsp3) is 0.400. The van der Waals surface area contributed by atoms with E-state index in [-0.39, 0.29) is 30.9 Å². The SMILES string of the molecule is Cn1nnnc1C1CN(C(=O)COc2ccc(F)cc2)CCO1.O=CO. The van der Waals surface area contributed by atoms with E-state index in [2.05, 4.69) is 15.5 Å². The molecule has 2 heterocycles. The van der Waals surface area contributed by atoms with Crippen LogP contribution in [0, 0.1) is 5.82 Å². The number of aryl methyl sites for hydroxylation is 1. The number of benzene rings is 1. The normalized spacial score (nSPS) is 16.4. The largest absolute Gasteiger partial charge is 0.484 e. The summed E-state index contributed by atoms with van der Waals surface area (Å²) in [6, 6.07) is 5.53. The number of halogens is 1. The minimum Gasteiger partial charge on any atom is -0.484 e. The van der Waals surface area contributed by atoms with Gasteiger partial charge in [0.25, 0.3) is 12.4 Å². The van der Waals surface area contributed by atoms with Crippen LogP contribution in [-0.2, 0) is 21.4 Å². The molecule has 3 rings (SSSR count). The lowest BCUT2D eigenvalue weighted by atomic mass is 10.2. The molecule has 10 nitrogen and oxygen atoms in total.